The molecule has 0 spiro atoms. The molecule has 1 atom stereocenters. The molecule has 0 heterocycles. The van der Waals surface area contributed by atoms with Crippen molar-refractivity contribution >= 4 is 23.4 Å². The number of hydrazine groups is 1. The van der Waals surface area contributed by atoms with E-state index in [2.05, 4.69) is 5.43 Å². The molecule has 1 amide bonds. The summed E-state index contributed by atoms with van der Waals surface area (Å²) in [6, 6.07) is 5.30. The summed E-state index contributed by atoms with van der Waals surface area (Å²) in [6.07, 6.45) is 0. The van der Waals surface area contributed by atoms with Crippen molar-refractivity contribution in [3.05, 3.63) is 18.2 Å². The second-order valence-electron chi connectivity index (χ2n) is 3.18. The minimum Gasteiger partial charge on any atom is -0.496 e. The SMILES string of the molecule is COc1cc(N)ccc1SC(C)C(=O)NN. The van der Waals surface area contributed by atoms with Gasteiger partial charge in [-0.2, -0.15) is 0 Å². The lowest BCUT2D eigenvalue weighted by Crippen LogP contribution is -2.36. The summed E-state index contributed by atoms with van der Waals surface area (Å²) < 4.78 is 5.18. The van der Waals surface area contributed by atoms with Crippen LogP contribution in [0.2, 0.25) is 0 Å². The standard InChI is InChI=1S/C10H15N3O2S/c1-6(10(14)13-12)16-9-4-3-7(11)5-8(9)15-2/h3-6H,11-12H2,1-2H3,(H,13,14). The Hall–Kier alpha value is -1.40. The number of rotatable bonds is 4. The zero-order valence-corrected chi connectivity index (χ0v) is 10.0. The molecule has 0 fully saturated rings. The van der Waals surface area contributed by atoms with E-state index < -0.39 is 0 Å². The van der Waals surface area contributed by atoms with Crippen molar-refractivity contribution in [2.75, 3.05) is 12.8 Å². The third kappa shape index (κ3) is 3.04. The minimum atomic E-state index is -0.289. The fraction of sp³-hybridized carbons (Fsp3) is 0.300. The normalized spacial score (nSPS) is 11.9. The van der Waals surface area contributed by atoms with Gasteiger partial charge in [0.2, 0.25) is 5.91 Å². The number of benzene rings is 1. The molecule has 1 aromatic carbocycles. The van der Waals surface area contributed by atoms with Crippen LogP contribution in [0.15, 0.2) is 23.1 Å². The molecule has 0 aliphatic rings. The summed E-state index contributed by atoms with van der Waals surface area (Å²) >= 11 is 1.36. The Balaban J connectivity index is 2.84. The maximum atomic E-state index is 11.3. The van der Waals surface area contributed by atoms with Crippen LogP contribution >= 0.6 is 11.8 Å². The van der Waals surface area contributed by atoms with Crippen molar-refractivity contribution in [2.24, 2.45) is 5.84 Å². The number of hydrogen-bond donors (Lipinski definition) is 3. The Kier molecular flexibility index (Phi) is 4.45. The van der Waals surface area contributed by atoms with Gasteiger partial charge in [-0.25, -0.2) is 5.84 Å². The number of ether oxygens (including phenoxy) is 1. The first kappa shape index (κ1) is 12.7. The predicted octanol–water partition coefficient (Wildman–Crippen LogP) is 0.748. The van der Waals surface area contributed by atoms with Crippen LogP contribution in [0.25, 0.3) is 0 Å². The zero-order valence-electron chi connectivity index (χ0n) is 9.19. The Labute approximate surface area is 98.5 Å². The summed E-state index contributed by atoms with van der Waals surface area (Å²) in [7, 11) is 1.56. The highest BCUT2D eigenvalue weighted by Gasteiger charge is 2.15. The molecule has 5 nitrogen and oxygen atoms in total. The molecule has 0 saturated heterocycles. The minimum absolute atomic E-state index is 0.233. The molecule has 0 aliphatic carbocycles. The maximum absolute atomic E-state index is 11.3. The molecular formula is C10H15N3O2S. The Morgan fingerprint density at radius 3 is 2.81 bits per heavy atom. The van der Waals surface area contributed by atoms with E-state index in [1.165, 1.54) is 11.8 Å². The molecule has 0 aromatic heterocycles. The molecule has 1 aromatic rings. The monoisotopic (exact) mass is 241 g/mol. The number of carbonyl (C=O) groups is 1. The second-order valence-corrected chi connectivity index (χ2v) is 4.56. The van der Waals surface area contributed by atoms with Crippen LogP contribution in [0.3, 0.4) is 0 Å². The largest absolute Gasteiger partial charge is 0.496 e. The maximum Gasteiger partial charge on any atom is 0.247 e. The number of nitrogens with one attached hydrogen (secondary N) is 1. The zero-order chi connectivity index (χ0) is 12.1. The lowest BCUT2D eigenvalue weighted by molar-refractivity contribution is -0.120. The fourth-order valence-electron chi connectivity index (χ4n) is 1.14. The van der Waals surface area contributed by atoms with Crippen molar-refractivity contribution in [3.8, 4) is 5.75 Å². The average molecular weight is 241 g/mol. The van der Waals surface area contributed by atoms with Crippen LogP contribution in [-0.2, 0) is 4.79 Å². The summed E-state index contributed by atoms with van der Waals surface area (Å²) in [4.78, 5) is 12.1. The quantitative estimate of drug-likeness (QED) is 0.238. The van der Waals surface area contributed by atoms with E-state index in [-0.39, 0.29) is 11.2 Å². The molecule has 88 valence electrons. The number of anilines is 1. The van der Waals surface area contributed by atoms with E-state index >= 15 is 0 Å². The molecule has 5 N–H and O–H groups in total. The number of nitrogens with two attached hydrogens (primary N) is 2. The first-order valence-electron chi connectivity index (χ1n) is 4.69. The van der Waals surface area contributed by atoms with E-state index in [0.29, 0.717) is 11.4 Å². The van der Waals surface area contributed by atoms with Gasteiger partial charge in [0.15, 0.2) is 0 Å². The first-order valence-corrected chi connectivity index (χ1v) is 5.57. The van der Waals surface area contributed by atoms with Gasteiger partial charge in [-0.3, -0.25) is 10.2 Å². The average Bonchev–Trinajstić information content (AvgIpc) is 2.30. The first-order chi connectivity index (χ1) is 7.58. The van der Waals surface area contributed by atoms with Crippen molar-refractivity contribution in [1.82, 2.24) is 5.43 Å². The van der Waals surface area contributed by atoms with Gasteiger partial charge in [-0.1, -0.05) is 0 Å². The van der Waals surface area contributed by atoms with Crippen LogP contribution < -0.4 is 21.7 Å². The van der Waals surface area contributed by atoms with E-state index in [1.807, 2.05) is 6.07 Å². The van der Waals surface area contributed by atoms with E-state index in [9.17, 15) is 4.79 Å². The predicted molar refractivity (Wildman–Crippen MR) is 65.1 cm³/mol. The topological polar surface area (TPSA) is 90.4 Å². The molecule has 0 aliphatic heterocycles. The summed E-state index contributed by atoms with van der Waals surface area (Å²) in [6.45, 7) is 1.77. The van der Waals surface area contributed by atoms with E-state index in [4.69, 9.17) is 16.3 Å². The van der Waals surface area contributed by atoms with Crippen LogP contribution in [0, 0.1) is 0 Å². The van der Waals surface area contributed by atoms with Crippen LogP contribution in [-0.4, -0.2) is 18.3 Å². The lowest BCUT2D eigenvalue weighted by atomic mass is 10.3. The Morgan fingerprint density at radius 2 is 2.25 bits per heavy atom. The van der Waals surface area contributed by atoms with Gasteiger partial charge in [0, 0.05) is 11.8 Å². The highest BCUT2D eigenvalue weighted by Crippen LogP contribution is 2.33. The lowest BCUT2D eigenvalue weighted by Gasteiger charge is -2.12. The van der Waals surface area contributed by atoms with Gasteiger partial charge < -0.3 is 10.5 Å². The van der Waals surface area contributed by atoms with Gasteiger partial charge in [0.05, 0.1) is 17.3 Å². The summed E-state index contributed by atoms with van der Waals surface area (Å²) in [5.74, 6) is 5.48. The Morgan fingerprint density at radius 1 is 1.56 bits per heavy atom. The number of carbonyl (C=O) groups excluding carboxylic acids is 1. The van der Waals surface area contributed by atoms with Gasteiger partial charge in [0.1, 0.15) is 5.75 Å². The second kappa shape index (κ2) is 5.62. The Bertz CT molecular complexity index is 384. The number of hydrogen-bond acceptors (Lipinski definition) is 5. The highest BCUT2D eigenvalue weighted by molar-refractivity contribution is 8.00. The van der Waals surface area contributed by atoms with E-state index in [0.717, 1.165) is 4.90 Å². The number of nitrogen functional groups attached to an aromatic ring is 1. The van der Waals surface area contributed by atoms with Gasteiger partial charge >= 0.3 is 0 Å². The smallest absolute Gasteiger partial charge is 0.247 e. The summed E-state index contributed by atoms with van der Waals surface area (Å²) in [5, 5.41) is -0.289. The molecule has 1 rings (SSSR count). The van der Waals surface area contributed by atoms with Crippen LogP contribution in [0.1, 0.15) is 6.92 Å². The number of thioether (sulfide) groups is 1. The third-order valence-corrected chi connectivity index (χ3v) is 3.16. The van der Waals surface area contributed by atoms with Crippen molar-refractivity contribution in [2.45, 2.75) is 17.1 Å². The third-order valence-electron chi connectivity index (χ3n) is 2.00. The van der Waals surface area contributed by atoms with Gasteiger partial charge in [0.25, 0.3) is 0 Å². The molecule has 6 heteroatoms. The van der Waals surface area contributed by atoms with Crippen molar-refractivity contribution in [1.29, 1.82) is 0 Å². The number of methoxy groups -OCH3 is 1. The summed E-state index contributed by atoms with van der Waals surface area (Å²) in [5.41, 5.74) is 8.36. The number of amides is 1. The highest BCUT2D eigenvalue weighted by atomic mass is 32.2. The van der Waals surface area contributed by atoms with Crippen LogP contribution in [0.5, 0.6) is 5.75 Å². The van der Waals surface area contributed by atoms with Gasteiger partial charge in [-0.15, -0.1) is 11.8 Å². The molecule has 0 saturated carbocycles. The molecule has 16 heavy (non-hydrogen) atoms. The van der Waals surface area contributed by atoms with Crippen molar-refractivity contribution in [3.63, 3.8) is 0 Å². The molecule has 0 bridgehead atoms. The molecule has 0 radical (unpaired) electrons. The fourth-order valence-corrected chi connectivity index (χ4v) is 2.10. The van der Waals surface area contributed by atoms with Crippen LogP contribution in [0.4, 0.5) is 5.69 Å². The molecular weight excluding hydrogens is 226 g/mol. The van der Waals surface area contributed by atoms with E-state index in [1.54, 1.807) is 26.2 Å². The van der Waals surface area contributed by atoms with Gasteiger partial charge in [-0.05, 0) is 19.1 Å². The molecule has 1 unspecified atom stereocenters. The van der Waals surface area contributed by atoms with Crippen molar-refractivity contribution < 1.29 is 9.53 Å².